The van der Waals surface area contributed by atoms with Crippen LogP contribution in [0.25, 0.3) is 0 Å². The van der Waals surface area contributed by atoms with Crippen LogP contribution in [0.15, 0.2) is 29.2 Å². The second-order valence-electron chi connectivity index (χ2n) is 8.12. The van der Waals surface area contributed by atoms with Gasteiger partial charge in [0.25, 0.3) is 10.1 Å². The Bertz CT molecular complexity index is 576. The number of hydrogen-bond acceptors (Lipinski definition) is 2. The van der Waals surface area contributed by atoms with Gasteiger partial charge in [-0.2, -0.15) is 8.42 Å². The fraction of sp³-hybridized carbons (Fsp3) is 0.714. The third-order valence-corrected chi connectivity index (χ3v) is 5.89. The molecule has 0 saturated carbocycles. The monoisotopic (exact) mass is 368 g/mol. The molecule has 2 unspecified atom stereocenters. The molecule has 2 atom stereocenters. The predicted octanol–water partition coefficient (Wildman–Crippen LogP) is 6.13. The summed E-state index contributed by atoms with van der Waals surface area (Å²) in [6.45, 7) is 9.27. The summed E-state index contributed by atoms with van der Waals surface area (Å²) in [4.78, 5) is -0.0317. The van der Waals surface area contributed by atoms with Crippen molar-refractivity contribution in [1.82, 2.24) is 0 Å². The first-order valence-electron chi connectivity index (χ1n) is 9.75. The molecule has 1 aromatic rings. The van der Waals surface area contributed by atoms with Crippen molar-refractivity contribution in [2.24, 2.45) is 17.8 Å². The molecule has 0 saturated heterocycles. The van der Waals surface area contributed by atoms with Gasteiger partial charge in [-0.1, -0.05) is 78.4 Å². The van der Waals surface area contributed by atoms with Crippen molar-refractivity contribution in [3.8, 4) is 0 Å². The van der Waals surface area contributed by atoms with Crippen molar-refractivity contribution in [3.05, 3.63) is 29.8 Å². The highest BCUT2D eigenvalue weighted by Crippen LogP contribution is 2.21. The molecule has 0 heterocycles. The molecule has 1 aromatic carbocycles. The Morgan fingerprint density at radius 1 is 0.800 bits per heavy atom. The van der Waals surface area contributed by atoms with Gasteiger partial charge in [-0.3, -0.25) is 4.55 Å². The molecular formula is C21H36O3S. The Morgan fingerprint density at radius 3 is 1.76 bits per heavy atom. The van der Waals surface area contributed by atoms with Gasteiger partial charge in [0.15, 0.2) is 0 Å². The minimum absolute atomic E-state index is 0.0317. The van der Waals surface area contributed by atoms with E-state index < -0.39 is 10.1 Å². The molecule has 1 rings (SSSR count). The zero-order valence-electron chi connectivity index (χ0n) is 16.4. The van der Waals surface area contributed by atoms with Crippen molar-refractivity contribution in [2.75, 3.05) is 0 Å². The van der Waals surface area contributed by atoms with Crippen LogP contribution in [-0.4, -0.2) is 13.0 Å². The van der Waals surface area contributed by atoms with Crippen LogP contribution in [0.2, 0.25) is 0 Å². The van der Waals surface area contributed by atoms with E-state index in [0.29, 0.717) is 5.92 Å². The summed E-state index contributed by atoms with van der Waals surface area (Å²) < 4.78 is 31.1. The lowest BCUT2D eigenvalue weighted by Crippen LogP contribution is -2.02. The van der Waals surface area contributed by atoms with Gasteiger partial charge >= 0.3 is 0 Å². The lowest BCUT2D eigenvalue weighted by molar-refractivity contribution is 0.392. The summed E-state index contributed by atoms with van der Waals surface area (Å²) >= 11 is 0. The maximum Gasteiger partial charge on any atom is 0.294 e. The van der Waals surface area contributed by atoms with Crippen LogP contribution in [0.3, 0.4) is 0 Å². The first-order valence-corrected chi connectivity index (χ1v) is 11.2. The van der Waals surface area contributed by atoms with Crippen LogP contribution >= 0.6 is 0 Å². The van der Waals surface area contributed by atoms with E-state index in [1.54, 1.807) is 12.1 Å². The predicted molar refractivity (Wildman–Crippen MR) is 105 cm³/mol. The van der Waals surface area contributed by atoms with Gasteiger partial charge in [-0.05, 0) is 48.3 Å². The molecular weight excluding hydrogens is 332 g/mol. The molecule has 1 N–H and O–H groups in total. The highest BCUT2D eigenvalue weighted by molar-refractivity contribution is 7.85. The average molecular weight is 369 g/mol. The summed E-state index contributed by atoms with van der Waals surface area (Å²) in [5.41, 5.74) is 1.13. The molecule has 0 spiro atoms. The number of benzene rings is 1. The Kier molecular flexibility index (Phi) is 9.73. The van der Waals surface area contributed by atoms with E-state index in [-0.39, 0.29) is 4.90 Å². The Hall–Kier alpha value is -0.870. The smallest absolute Gasteiger partial charge is 0.282 e. The zero-order valence-corrected chi connectivity index (χ0v) is 17.2. The summed E-state index contributed by atoms with van der Waals surface area (Å²) in [5.74, 6) is 2.34. The fourth-order valence-electron chi connectivity index (χ4n) is 3.22. The number of rotatable bonds is 12. The number of hydrogen-bond donors (Lipinski definition) is 1. The van der Waals surface area contributed by atoms with E-state index in [0.717, 1.165) is 30.2 Å². The van der Waals surface area contributed by atoms with Crippen molar-refractivity contribution in [1.29, 1.82) is 0 Å². The van der Waals surface area contributed by atoms with E-state index in [9.17, 15) is 8.42 Å². The van der Waals surface area contributed by atoms with E-state index in [1.165, 1.54) is 50.7 Å². The molecule has 0 aliphatic rings. The van der Waals surface area contributed by atoms with Gasteiger partial charge in [0.2, 0.25) is 0 Å². The highest BCUT2D eigenvalue weighted by atomic mass is 32.2. The van der Waals surface area contributed by atoms with Gasteiger partial charge in [0, 0.05) is 0 Å². The summed E-state index contributed by atoms with van der Waals surface area (Å²) in [6, 6.07) is 6.56. The Morgan fingerprint density at radius 2 is 1.28 bits per heavy atom. The SMILES string of the molecule is CC(C)CCCC(C)CCCC(C)CCc1ccc(S(=O)(=O)O)cc1. The van der Waals surface area contributed by atoms with Crippen LogP contribution in [0.4, 0.5) is 0 Å². The summed E-state index contributed by atoms with van der Waals surface area (Å²) in [7, 11) is -4.08. The second-order valence-corrected chi connectivity index (χ2v) is 9.55. The van der Waals surface area contributed by atoms with Crippen LogP contribution in [-0.2, 0) is 16.5 Å². The van der Waals surface area contributed by atoms with E-state index in [1.807, 2.05) is 0 Å². The highest BCUT2D eigenvalue weighted by Gasteiger charge is 2.10. The Labute approximate surface area is 155 Å². The average Bonchev–Trinajstić information content (AvgIpc) is 2.52. The van der Waals surface area contributed by atoms with Gasteiger partial charge < -0.3 is 0 Å². The molecule has 0 amide bonds. The molecule has 4 heteroatoms. The minimum atomic E-state index is -4.08. The third kappa shape index (κ3) is 10.0. The maximum absolute atomic E-state index is 11.0. The molecule has 0 fully saturated rings. The largest absolute Gasteiger partial charge is 0.294 e. The maximum atomic E-state index is 11.0. The summed E-state index contributed by atoms with van der Waals surface area (Å²) in [6.07, 6.45) is 10.0. The van der Waals surface area contributed by atoms with E-state index in [4.69, 9.17) is 4.55 Å². The Balaban J connectivity index is 2.21. The molecule has 144 valence electrons. The van der Waals surface area contributed by atoms with Crippen molar-refractivity contribution < 1.29 is 13.0 Å². The van der Waals surface area contributed by atoms with Gasteiger partial charge in [-0.25, -0.2) is 0 Å². The van der Waals surface area contributed by atoms with Crippen molar-refractivity contribution >= 4 is 10.1 Å². The summed E-state index contributed by atoms with van der Waals surface area (Å²) in [5, 5.41) is 0. The van der Waals surface area contributed by atoms with E-state index in [2.05, 4.69) is 27.7 Å². The van der Waals surface area contributed by atoms with Crippen LogP contribution in [0.5, 0.6) is 0 Å². The molecule has 25 heavy (non-hydrogen) atoms. The van der Waals surface area contributed by atoms with E-state index >= 15 is 0 Å². The topological polar surface area (TPSA) is 54.4 Å². The molecule has 0 radical (unpaired) electrons. The number of aryl methyl sites for hydroxylation is 1. The van der Waals surface area contributed by atoms with Crippen molar-refractivity contribution in [3.63, 3.8) is 0 Å². The first-order chi connectivity index (χ1) is 11.7. The molecule has 0 bridgehead atoms. The fourth-order valence-corrected chi connectivity index (χ4v) is 3.70. The lowest BCUT2D eigenvalue weighted by Gasteiger charge is -2.15. The van der Waals surface area contributed by atoms with Gasteiger partial charge in [0.1, 0.15) is 0 Å². The molecule has 0 aliphatic heterocycles. The zero-order chi connectivity index (χ0) is 18.9. The lowest BCUT2D eigenvalue weighted by atomic mass is 9.91. The van der Waals surface area contributed by atoms with Crippen LogP contribution in [0.1, 0.15) is 78.2 Å². The normalized spacial score (nSPS) is 14.6. The van der Waals surface area contributed by atoms with Crippen LogP contribution < -0.4 is 0 Å². The quantitative estimate of drug-likeness (QED) is 0.451. The van der Waals surface area contributed by atoms with Crippen LogP contribution in [0, 0.1) is 17.8 Å². The minimum Gasteiger partial charge on any atom is -0.282 e. The van der Waals surface area contributed by atoms with Gasteiger partial charge in [0.05, 0.1) is 4.90 Å². The van der Waals surface area contributed by atoms with Gasteiger partial charge in [-0.15, -0.1) is 0 Å². The van der Waals surface area contributed by atoms with Crippen molar-refractivity contribution in [2.45, 2.75) is 84.0 Å². The standard InChI is InChI=1S/C21H36O3S/c1-17(2)7-5-8-18(3)9-6-10-19(4)11-12-20-13-15-21(16-14-20)25(22,23)24/h13-19H,5-12H2,1-4H3,(H,22,23,24). The molecule has 3 nitrogen and oxygen atoms in total. The molecule has 0 aliphatic carbocycles. The second kappa shape index (κ2) is 11.0. The first kappa shape index (κ1) is 22.2. The molecule has 0 aromatic heterocycles. The third-order valence-electron chi connectivity index (χ3n) is 5.02.